The summed E-state index contributed by atoms with van der Waals surface area (Å²) < 4.78 is 0. The topological polar surface area (TPSA) is 55.1 Å². The van der Waals surface area contributed by atoms with E-state index in [9.17, 15) is 4.79 Å². The molecule has 1 aromatic carbocycles. The van der Waals surface area contributed by atoms with Crippen molar-refractivity contribution in [1.82, 2.24) is 5.32 Å². The van der Waals surface area contributed by atoms with Crippen LogP contribution < -0.4 is 11.1 Å². The van der Waals surface area contributed by atoms with Crippen molar-refractivity contribution in [1.29, 1.82) is 0 Å². The number of amides is 1. The van der Waals surface area contributed by atoms with Gasteiger partial charge in [0, 0.05) is 11.7 Å². The van der Waals surface area contributed by atoms with E-state index in [1.807, 2.05) is 24.3 Å². The lowest BCUT2D eigenvalue weighted by atomic mass is 9.99. The molecule has 1 fully saturated rings. The van der Waals surface area contributed by atoms with Crippen molar-refractivity contribution in [3.05, 3.63) is 29.8 Å². The molecule has 1 aliphatic rings. The molecule has 1 unspecified atom stereocenters. The Morgan fingerprint density at radius 1 is 1.44 bits per heavy atom. The van der Waals surface area contributed by atoms with Gasteiger partial charge in [0.15, 0.2) is 0 Å². The van der Waals surface area contributed by atoms with Crippen molar-refractivity contribution in [2.45, 2.75) is 45.1 Å². The largest absolute Gasteiger partial charge is 0.399 e. The van der Waals surface area contributed by atoms with Crippen molar-refractivity contribution < 1.29 is 4.79 Å². The number of nitrogen functional groups attached to an aromatic ring is 1. The molecule has 0 spiro atoms. The van der Waals surface area contributed by atoms with Crippen LogP contribution in [-0.2, 0) is 11.2 Å². The third-order valence-corrected chi connectivity index (χ3v) is 3.81. The first-order valence-corrected chi connectivity index (χ1v) is 6.79. The minimum Gasteiger partial charge on any atom is -0.399 e. The number of nitrogens with two attached hydrogens (primary N) is 1. The van der Waals surface area contributed by atoms with Crippen molar-refractivity contribution >= 4 is 11.6 Å². The van der Waals surface area contributed by atoms with Gasteiger partial charge < -0.3 is 11.1 Å². The van der Waals surface area contributed by atoms with Gasteiger partial charge in [0.1, 0.15) is 0 Å². The highest BCUT2D eigenvalue weighted by Crippen LogP contribution is 2.27. The third kappa shape index (κ3) is 3.49. The van der Waals surface area contributed by atoms with E-state index in [1.54, 1.807) is 0 Å². The van der Waals surface area contributed by atoms with E-state index in [4.69, 9.17) is 5.73 Å². The van der Waals surface area contributed by atoms with Gasteiger partial charge in [-0.05, 0) is 43.4 Å². The highest BCUT2D eigenvalue weighted by Gasteiger charge is 2.22. The van der Waals surface area contributed by atoms with Crippen LogP contribution in [-0.4, -0.2) is 11.9 Å². The van der Waals surface area contributed by atoms with Crippen molar-refractivity contribution in [2.24, 2.45) is 5.92 Å². The van der Waals surface area contributed by atoms with Crippen LogP contribution in [0.25, 0.3) is 0 Å². The number of hydrogen-bond acceptors (Lipinski definition) is 2. The molecule has 2 rings (SSSR count). The number of rotatable bonds is 4. The van der Waals surface area contributed by atoms with Gasteiger partial charge in [-0.1, -0.05) is 25.0 Å². The average molecular weight is 246 g/mol. The molecule has 0 heterocycles. The number of carbonyl (C=O) groups is 1. The molecule has 1 atom stereocenters. The summed E-state index contributed by atoms with van der Waals surface area (Å²) in [5.74, 6) is 0.759. The minimum atomic E-state index is 0.0972. The van der Waals surface area contributed by atoms with Crippen LogP contribution in [0.1, 0.15) is 38.2 Å². The Bertz CT molecular complexity index is 411. The Balaban J connectivity index is 1.84. The van der Waals surface area contributed by atoms with E-state index in [0.717, 1.165) is 5.56 Å². The predicted octanol–water partition coefficient (Wildman–Crippen LogP) is 2.51. The van der Waals surface area contributed by atoms with E-state index in [-0.39, 0.29) is 5.91 Å². The summed E-state index contributed by atoms with van der Waals surface area (Å²) in [5.41, 5.74) is 7.39. The number of benzene rings is 1. The number of nitrogens with one attached hydrogen (secondary N) is 1. The molecule has 18 heavy (non-hydrogen) atoms. The van der Waals surface area contributed by atoms with Crippen LogP contribution >= 0.6 is 0 Å². The summed E-state index contributed by atoms with van der Waals surface area (Å²) >= 11 is 0. The van der Waals surface area contributed by atoms with Crippen molar-refractivity contribution in [3.8, 4) is 0 Å². The van der Waals surface area contributed by atoms with E-state index in [1.165, 1.54) is 25.7 Å². The molecule has 1 aromatic rings. The Hall–Kier alpha value is -1.51. The maximum Gasteiger partial charge on any atom is 0.224 e. The Kier molecular flexibility index (Phi) is 4.24. The first-order chi connectivity index (χ1) is 8.65. The molecule has 1 amide bonds. The van der Waals surface area contributed by atoms with Crippen LogP contribution in [0, 0.1) is 5.92 Å². The predicted molar refractivity (Wildman–Crippen MR) is 74.1 cm³/mol. The lowest BCUT2D eigenvalue weighted by Crippen LogP contribution is -2.38. The fraction of sp³-hybridized carbons (Fsp3) is 0.533. The summed E-state index contributed by atoms with van der Waals surface area (Å²) in [5, 5.41) is 3.11. The molecule has 0 aromatic heterocycles. The second-order valence-corrected chi connectivity index (χ2v) is 5.32. The molecule has 0 saturated heterocycles. The second-order valence-electron chi connectivity index (χ2n) is 5.32. The zero-order valence-electron chi connectivity index (χ0n) is 11.0. The maximum atomic E-state index is 11.9. The standard InChI is InChI=1S/C15H22N2O/c1-11(13-6-2-3-7-13)17-15(18)10-12-5-4-8-14(16)9-12/h4-5,8-9,11,13H,2-3,6-7,10,16H2,1H3,(H,17,18). The van der Waals surface area contributed by atoms with Gasteiger partial charge in [0.05, 0.1) is 6.42 Å². The van der Waals surface area contributed by atoms with Crippen LogP contribution in [0.15, 0.2) is 24.3 Å². The number of carbonyl (C=O) groups excluding carboxylic acids is 1. The van der Waals surface area contributed by atoms with Gasteiger partial charge in [0.2, 0.25) is 5.91 Å². The first kappa shape index (κ1) is 12.9. The fourth-order valence-electron chi connectivity index (χ4n) is 2.77. The molecule has 1 aliphatic carbocycles. The maximum absolute atomic E-state index is 11.9. The van der Waals surface area contributed by atoms with E-state index in [2.05, 4.69) is 12.2 Å². The third-order valence-electron chi connectivity index (χ3n) is 3.81. The van der Waals surface area contributed by atoms with Crippen molar-refractivity contribution in [3.63, 3.8) is 0 Å². The van der Waals surface area contributed by atoms with Crippen LogP contribution in [0.3, 0.4) is 0 Å². The van der Waals surface area contributed by atoms with Crippen LogP contribution in [0.5, 0.6) is 0 Å². The molecule has 0 radical (unpaired) electrons. The summed E-state index contributed by atoms with van der Waals surface area (Å²) in [6, 6.07) is 7.82. The van der Waals surface area contributed by atoms with Crippen LogP contribution in [0.4, 0.5) is 5.69 Å². The average Bonchev–Trinajstić information content (AvgIpc) is 2.81. The molecule has 3 nitrogen and oxygen atoms in total. The monoisotopic (exact) mass is 246 g/mol. The number of hydrogen-bond donors (Lipinski definition) is 2. The van der Waals surface area contributed by atoms with Crippen molar-refractivity contribution in [2.75, 3.05) is 5.73 Å². The summed E-state index contributed by atoms with van der Waals surface area (Å²) in [6.07, 6.45) is 5.53. The van der Waals surface area contributed by atoms with E-state index in [0.29, 0.717) is 24.1 Å². The Morgan fingerprint density at radius 2 is 2.17 bits per heavy atom. The fourth-order valence-corrected chi connectivity index (χ4v) is 2.77. The quantitative estimate of drug-likeness (QED) is 0.802. The molecule has 3 heteroatoms. The van der Waals surface area contributed by atoms with E-state index < -0.39 is 0 Å². The van der Waals surface area contributed by atoms with Gasteiger partial charge >= 0.3 is 0 Å². The highest BCUT2D eigenvalue weighted by atomic mass is 16.1. The lowest BCUT2D eigenvalue weighted by molar-refractivity contribution is -0.121. The Labute approximate surface area is 109 Å². The van der Waals surface area contributed by atoms with Gasteiger partial charge in [-0.2, -0.15) is 0 Å². The molecule has 3 N–H and O–H groups in total. The zero-order chi connectivity index (χ0) is 13.0. The molecule has 98 valence electrons. The minimum absolute atomic E-state index is 0.0972. The van der Waals surface area contributed by atoms with Gasteiger partial charge in [0.25, 0.3) is 0 Å². The normalized spacial score (nSPS) is 17.6. The zero-order valence-corrected chi connectivity index (χ0v) is 11.0. The Morgan fingerprint density at radius 3 is 2.83 bits per heavy atom. The van der Waals surface area contributed by atoms with Gasteiger partial charge in [-0.15, -0.1) is 0 Å². The van der Waals surface area contributed by atoms with E-state index >= 15 is 0 Å². The highest BCUT2D eigenvalue weighted by molar-refractivity contribution is 5.79. The number of anilines is 1. The SMILES string of the molecule is CC(NC(=O)Cc1cccc(N)c1)C1CCCC1. The molecule has 0 bridgehead atoms. The molecular weight excluding hydrogens is 224 g/mol. The summed E-state index contributed by atoms with van der Waals surface area (Å²) in [7, 11) is 0. The van der Waals surface area contributed by atoms with Gasteiger partial charge in [-0.25, -0.2) is 0 Å². The molecule has 1 saturated carbocycles. The molecule has 0 aliphatic heterocycles. The first-order valence-electron chi connectivity index (χ1n) is 6.79. The summed E-state index contributed by atoms with van der Waals surface area (Å²) in [4.78, 5) is 11.9. The molecular formula is C15H22N2O. The van der Waals surface area contributed by atoms with Gasteiger partial charge in [-0.3, -0.25) is 4.79 Å². The second kappa shape index (κ2) is 5.89. The summed E-state index contributed by atoms with van der Waals surface area (Å²) in [6.45, 7) is 2.12. The lowest BCUT2D eigenvalue weighted by Gasteiger charge is -2.20. The smallest absolute Gasteiger partial charge is 0.224 e. The van der Waals surface area contributed by atoms with Crippen LogP contribution in [0.2, 0.25) is 0 Å².